The zero-order valence-electron chi connectivity index (χ0n) is 11.9. The van der Waals surface area contributed by atoms with E-state index in [0.717, 1.165) is 37.9 Å². The maximum atomic E-state index is 13.7. The first-order chi connectivity index (χ1) is 9.81. The fourth-order valence-corrected chi connectivity index (χ4v) is 2.35. The standard InChI is InChI=1S/C16H22FN3/c1-2-16(14-7-3-4-8-15(14)17)19-9-5-6-11-20-12-10-18-13-20/h3-4,7-8,10,12-13,16,19H,2,5-6,9,11H2,1H3. The minimum atomic E-state index is -0.120. The van der Waals surface area contributed by atoms with E-state index in [2.05, 4.69) is 21.8 Å². The summed E-state index contributed by atoms with van der Waals surface area (Å²) in [6.07, 6.45) is 8.66. The van der Waals surface area contributed by atoms with Crippen LogP contribution in [0.3, 0.4) is 0 Å². The number of imidazole rings is 1. The fourth-order valence-electron chi connectivity index (χ4n) is 2.35. The molecule has 0 saturated carbocycles. The molecule has 0 aliphatic rings. The van der Waals surface area contributed by atoms with Crippen LogP contribution in [0.4, 0.5) is 4.39 Å². The second-order valence-electron chi connectivity index (χ2n) is 4.94. The normalized spacial score (nSPS) is 12.5. The van der Waals surface area contributed by atoms with Crippen LogP contribution in [0.5, 0.6) is 0 Å². The molecule has 0 saturated heterocycles. The summed E-state index contributed by atoms with van der Waals surface area (Å²) >= 11 is 0. The van der Waals surface area contributed by atoms with Crippen molar-refractivity contribution in [2.45, 2.75) is 38.8 Å². The number of hydrogen-bond acceptors (Lipinski definition) is 2. The van der Waals surface area contributed by atoms with Gasteiger partial charge in [0, 0.05) is 30.5 Å². The lowest BCUT2D eigenvalue weighted by Crippen LogP contribution is -2.23. The molecule has 0 bridgehead atoms. The Morgan fingerprint density at radius 1 is 1.30 bits per heavy atom. The third-order valence-corrected chi connectivity index (χ3v) is 3.48. The Morgan fingerprint density at radius 3 is 2.85 bits per heavy atom. The van der Waals surface area contributed by atoms with E-state index >= 15 is 0 Å². The lowest BCUT2D eigenvalue weighted by molar-refractivity contribution is 0.470. The number of rotatable bonds is 8. The first-order valence-corrected chi connectivity index (χ1v) is 7.24. The number of nitrogens with one attached hydrogen (secondary N) is 1. The minimum Gasteiger partial charge on any atom is -0.337 e. The number of benzene rings is 1. The van der Waals surface area contributed by atoms with Crippen LogP contribution in [-0.2, 0) is 6.54 Å². The molecule has 4 heteroatoms. The SMILES string of the molecule is CCC(NCCCCn1ccnc1)c1ccccc1F. The lowest BCUT2D eigenvalue weighted by Gasteiger charge is -2.18. The zero-order valence-corrected chi connectivity index (χ0v) is 11.9. The molecule has 1 aromatic heterocycles. The largest absolute Gasteiger partial charge is 0.337 e. The van der Waals surface area contributed by atoms with Crippen LogP contribution in [-0.4, -0.2) is 16.1 Å². The first kappa shape index (κ1) is 14.7. The van der Waals surface area contributed by atoms with Crippen LogP contribution in [0.25, 0.3) is 0 Å². The molecule has 3 nitrogen and oxygen atoms in total. The average molecular weight is 275 g/mol. The quantitative estimate of drug-likeness (QED) is 0.747. The Hall–Kier alpha value is -1.68. The van der Waals surface area contributed by atoms with Crippen molar-refractivity contribution in [1.82, 2.24) is 14.9 Å². The molecule has 1 aromatic carbocycles. The van der Waals surface area contributed by atoms with E-state index in [9.17, 15) is 4.39 Å². The van der Waals surface area contributed by atoms with Gasteiger partial charge in [-0.3, -0.25) is 0 Å². The summed E-state index contributed by atoms with van der Waals surface area (Å²) in [4.78, 5) is 4.02. The minimum absolute atomic E-state index is 0.101. The molecule has 108 valence electrons. The number of hydrogen-bond donors (Lipinski definition) is 1. The third-order valence-electron chi connectivity index (χ3n) is 3.48. The number of aryl methyl sites for hydroxylation is 1. The average Bonchev–Trinajstić information content (AvgIpc) is 2.97. The van der Waals surface area contributed by atoms with Gasteiger partial charge in [-0.25, -0.2) is 9.37 Å². The summed E-state index contributed by atoms with van der Waals surface area (Å²) in [5, 5.41) is 3.44. The molecule has 1 heterocycles. The van der Waals surface area contributed by atoms with E-state index in [4.69, 9.17) is 0 Å². The van der Waals surface area contributed by atoms with Gasteiger partial charge in [-0.15, -0.1) is 0 Å². The Bertz CT molecular complexity index is 496. The van der Waals surface area contributed by atoms with Gasteiger partial charge in [0.15, 0.2) is 0 Å². The van der Waals surface area contributed by atoms with Crippen LogP contribution < -0.4 is 5.32 Å². The maximum absolute atomic E-state index is 13.7. The molecule has 1 N–H and O–H groups in total. The van der Waals surface area contributed by atoms with Crippen LogP contribution in [0, 0.1) is 5.82 Å². The fraction of sp³-hybridized carbons (Fsp3) is 0.438. The second kappa shape index (κ2) is 7.80. The van der Waals surface area contributed by atoms with Gasteiger partial charge >= 0.3 is 0 Å². The summed E-state index contributed by atoms with van der Waals surface area (Å²) < 4.78 is 15.8. The van der Waals surface area contributed by atoms with Gasteiger partial charge in [0.25, 0.3) is 0 Å². The molecule has 1 atom stereocenters. The molecular weight excluding hydrogens is 253 g/mol. The van der Waals surface area contributed by atoms with Crippen LogP contribution in [0.15, 0.2) is 43.0 Å². The summed E-state index contributed by atoms with van der Waals surface area (Å²) in [5.41, 5.74) is 0.768. The molecule has 20 heavy (non-hydrogen) atoms. The molecule has 0 spiro atoms. The third kappa shape index (κ3) is 4.17. The Kier molecular flexibility index (Phi) is 5.74. The maximum Gasteiger partial charge on any atom is 0.127 e. The highest BCUT2D eigenvalue weighted by Gasteiger charge is 2.12. The highest BCUT2D eigenvalue weighted by Crippen LogP contribution is 2.19. The predicted molar refractivity (Wildman–Crippen MR) is 78.9 cm³/mol. The molecule has 0 fully saturated rings. The lowest BCUT2D eigenvalue weighted by atomic mass is 10.0. The van der Waals surface area contributed by atoms with E-state index in [1.165, 1.54) is 6.07 Å². The number of halogens is 1. The Labute approximate surface area is 119 Å². The first-order valence-electron chi connectivity index (χ1n) is 7.24. The molecule has 0 aliphatic heterocycles. The summed E-state index contributed by atoms with van der Waals surface area (Å²) in [6, 6.07) is 7.11. The van der Waals surface area contributed by atoms with Crippen molar-refractivity contribution in [2.75, 3.05) is 6.54 Å². The van der Waals surface area contributed by atoms with E-state index in [1.54, 1.807) is 12.3 Å². The van der Waals surface area contributed by atoms with Gasteiger partial charge in [-0.05, 0) is 31.9 Å². The Morgan fingerprint density at radius 2 is 2.15 bits per heavy atom. The van der Waals surface area contributed by atoms with Crippen molar-refractivity contribution in [2.24, 2.45) is 0 Å². The smallest absolute Gasteiger partial charge is 0.127 e. The van der Waals surface area contributed by atoms with E-state index in [0.29, 0.717) is 0 Å². The summed E-state index contributed by atoms with van der Waals surface area (Å²) in [7, 11) is 0. The van der Waals surface area contributed by atoms with Crippen LogP contribution in [0.1, 0.15) is 37.8 Å². The molecule has 1 unspecified atom stereocenters. The second-order valence-corrected chi connectivity index (χ2v) is 4.94. The van der Waals surface area contributed by atoms with Crippen molar-refractivity contribution in [1.29, 1.82) is 0 Å². The van der Waals surface area contributed by atoms with Gasteiger partial charge < -0.3 is 9.88 Å². The van der Waals surface area contributed by atoms with Gasteiger partial charge in [0.1, 0.15) is 5.82 Å². The van der Waals surface area contributed by atoms with Gasteiger partial charge in [0.05, 0.1) is 6.33 Å². The molecule has 0 aliphatic carbocycles. The molecule has 2 aromatic rings. The van der Waals surface area contributed by atoms with Crippen LogP contribution in [0.2, 0.25) is 0 Å². The van der Waals surface area contributed by atoms with Crippen molar-refractivity contribution in [3.05, 3.63) is 54.4 Å². The molecular formula is C16H22FN3. The monoisotopic (exact) mass is 275 g/mol. The molecule has 0 radical (unpaired) electrons. The number of aromatic nitrogens is 2. The van der Waals surface area contributed by atoms with E-state index < -0.39 is 0 Å². The van der Waals surface area contributed by atoms with Crippen molar-refractivity contribution < 1.29 is 4.39 Å². The number of nitrogens with zero attached hydrogens (tertiary/aromatic N) is 2. The van der Waals surface area contributed by atoms with Crippen LogP contribution >= 0.6 is 0 Å². The van der Waals surface area contributed by atoms with E-state index in [1.807, 2.05) is 24.7 Å². The molecule has 2 rings (SSSR count). The molecule has 0 amide bonds. The highest BCUT2D eigenvalue weighted by molar-refractivity contribution is 5.20. The van der Waals surface area contributed by atoms with Gasteiger partial charge in [-0.1, -0.05) is 25.1 Å². The zero-order chi connectivity index (χ0) is 14.2. The topological polar surface area (TPSA) is 29.9 Å². The van der Waals surface area contributed by atoms with E-state index in [-0.39, 0.29) is 11.9 Å². The van der Waals surface area contributed by atoms with Gasteiger partial charge in [0.2, 0.25) is 0 Å². The van der Waals surface area contributed by atoms with Gasteiger partial charge in [-0.2, -0.15) is 0 Å². The highest BCUT2D eigenvalue weighted by atomic mass is 19.1. The summed E-state index contributed by atoms with van der Waals surface area (Å²) in [6.45, 7) is 3.97. The summed E-state index contributed by atoms with van der Waals surface area (Å²) in [5.74, 6) is -0.120. The predicted octanol–water partition coefficient (Wildman–Crippen LogP) is 3.54. The van der Waals surface area contributed by atoms with Crippen molar-refractivity contribution in [3.63, 3.8) is 0 Å². The van der Waals surface area contributed by atoms with Crippen molar-refractivity contribution >= 4 is 0 Å². The number of unbranched alkanes of at least 4 members (excludes halogenated alkanes) is 1. The Balaban J connectivity index is 1.73. The van der Waals surface area contributed by atoms with Crippen molar-refractivity contribution in [3.8, 4) is 0 Å².